The Balaban J connectivity index is 2.18. The molecule has 0 aliphatic heterocycles. The summed E-state index contributed by atoms with van der Waals surface area (Å²) in [4.78, 5) is 14.3. The Bertz CT molecular complexity index is 767. The van der Waals surface area contributed by atoms with Crippen LogP contribution in [-0.4, -0.2) is 39.4 Å². The van der Waals surface area contributed by atoms with E-state index in [0.717, 1.165) is 5.56 Å². The number of phenolic OH excluding ortho intramolecular Hbond substituents is 1. The highest BCUT2D eigenvalue weighted by molar-refractivity contribution is 5.68. The van der Waals surface area contributed by atoms with Gasteiger partial charge in [-0.05, 0) is 69.5 Å². The summed E-state index contributed by atoms with van der Waals surface area (Å²) in [6.45, 7) is 7.60. The average Bonchev–Trinajstić information content (AvgIpc) is 2.62. The van der Waals surface area contributed by atoms with Crippen LogP contribution < -0.4 is 5.73 Å². The van der Waals surface area contributed by atoms with E-state index >= 15 is 0 Å². The molecule has 0 heterocycles. The van der Waals surface area contributed by atoms with E-state index in [1.54, 1.807) is 24.0 Å². The molecule has 1 amide bonds. The number of aliphatic hydroxyl groups is 1. The van der Waals surface area contributed by atoms with Crippen LogP contribution in [-0.2, 0) is 11.2 Å². The van der Waals surface area contributed by atoms with Crippen LogP contribution in [0.1, 0.15) is 44.9 Å². The summed E-state index contributed by atoms with van der Waals surface area (Å²) in [5.41, 5.74) is 7.43. The van der Waals surface area contributed by atoms with Crippen molar-refractivity contribution < 1.29 is 19.7 Å². The standard InChI is InChI=1S/C22H30N2O4/c1-15(20(26)17-7-11-19(25)12-8-17)24(21(27)28-22(2,3)4)14-13-16-5-9-18(23)10-6-16/h5-12,15,20,25-26H,13-14,23H2,1-4H3/t15-,20-/m0/s1. The molecule has 0 aliphatic rings. The number of carbonyl (C=O) groups is 1. The number of ether oxygens (including phenoxy) is 1. The van der Waals surface area contributed by atoms with Crippen molar-refractivity contribution in [2.24, 2.45) is 0 Å². The van der Waals surface area contributed by atoms with Gasteiger partial charge >= 0.3 is 6.09 Å². The number of phenols is 1. The molecule has 2 aromatic carbocycles. The van der Waals surface area contributed by atoms with E-state index in [1.165, 1.54) is 12.1 Å². The number of benzene rings is 2. The maximum atomic E-state index is 12.8. The highest BCUT2D eigenvalue weighted by Gasteiger charge is 2.30. The van der Waals surface area contributed by atoms with Crippen LogP contribution in [0.25, 0.3) is 0 Å². The maximum Gasteiger partial charge on any atom is 0.410 e. The number of nitrogens with zero attached hydrogens (tertiary/aromatic N) is 1. The molecule has 6 heteroatoms. The average molecular weight is 386 g/mol. The van der Waals surface area contributed by atoms with Crippen LogP contribution in [0.2, 0.25) is 0 Å². The molecule has 0 spiro atoms. The predicted octanol–water partition coefficient (Wildman–Crippen LogP) is 3.88. The number of aromatic hydroxyl groups is 1. The first kappa shape index (κ1) is 21.6. The lowest BCUT2D eigenvalue weighted by atomic mass is 10.0. The fraction of sp³-hybridized carbons (Fsp3) is 0.409. The van der Waals surface area contributed by atoms with Crippen LogP contribution in [0.5, 0.6) is 5.75 Å². The Hall–Kier alpha value is -2.73. The molecule has 0 saturated heterocycles. The molecular weight excluding hydrogens is 356 g/mol. The third-order valence-corrected chi connectivity index (χ3v) is 4.43. The summed E-state index contributed by atoms with van der Waals surface area (Å²) in [7, 11) is 0. The van der Waals surface area contributed by atoms with Crippen LogP contribution >= 0.6 is 0 Å². The lowest BCUT2D eigenvalue weighted by Crippen LogP contribution is -2.45. The monoisotopic (exact) mass is 386 g/mol. The second-order valence-electron chi connectivity index (χ2n) is 7.94. The van der Waals surface area contributed by atoms with Crippen molar-refractivity contribution in [3.05, 3.63) is 59.7 Å². The first-order chi connectivity index (χ1) is 13.1. The Morgan fingerprint density at radius 3 is 2.21 bits per heavy atom. The van der Waals surface area contributed by atoms with Crippen molar-refractivity contribution in [1.82, 2.24) is 4.90 Å². The predicted molar refractivity (Wildman–Crippen MR) is 110 cm³/mol. The lowest BCUT2D eigenvalue weighted by Gasteiger charge is -2.34. The van der Waals surface area contributed by atoms with Gasteiger partial charge in [-0.2, -0.15) is 0 Å². The van der Waals surface area contributed by atoms with Crippen molar-refractivity contribution in [1.29, 1.82) is 0 Å². The van der Waals surface area contributed by atoms with Gasteiger partial charge in [0.15, 0.2) is 0 Å². The molecule has 152 valence electrons. The molecule has 6 nitrogen and oxygen atoms in total. The maximum absolute atomic E-state index is 12.8. The summed E-state index contributed by atoms with van der Waals surface area (Å²) in [6, 6.07) is 13.3. The smallest absolute Gasteiger partial charge is 0.410 e. The molecule has 4 N–H and O–H groups in total. The molecule has 0 radical (unpaired) electrons. The number of nitrogen functional groups attached to an aromatic ring is 1. The number of nitrogens with two attached hydrogens (primary N) is 1. The highest BCUT2D eigenvalue weighted by Crippen LogP contribution is 2.25. The normalized spacial score (nSPS) is 13.6. The number of amides is 1. The van der Waals surface area contributed by atoms with Crippen LogP contribution in [0.4, 0.5) is 10.5 Å². The molecule has 0 aliphatic carbocycles. The molecule has 0 aromatic heterocycles. The minimum absolute atomic E-state index is 0.121. The van der Waals surface area contributed by atoms with Gasteiger partial charge in [-0.25, -0.2) is 4.79 Å². The zero-order valence-electron chi connectivity index (χ0n) is 16.9. The van der Waals surface area contributed by atoms with E-state index in [0.29, 0.717) is 24.2 Å². The van der Waals surface area contributed by atoms with Gasteiger partial charge in [-0.1, -0.05) is 24.3 Å². The van der Waals surface area contributed by atoms with Crippen LogP contribution in [0.15, 0.2) is 48.5 Å². The molecule has 28 heavy (non-hydrogen) atoms. The Labute approximate surface area is 166 Å². The second-order valence-corrected chi connectivity index (χ2v) is 7.94. The SMILES string of the molecule is C[C@@H]([C@H](O)c1ccc(O)cc1)N(CCc1ccc(N)cc1)C(=O)OC(C)(C)C. The third kappa shape index (κ3) is 6.16. The fourth-order valence-corrected chi connectivity index (χ4v) is 2.84. The number of anilines is 1. The van der Waals surface area contributed by atoms with Gasteiger partial charge in [0.25, 0.3) is 0 Å². The minimum atomic E-state index is -0.917. The zero-order chi connectivity index (χ0) is 20.9. The summed E-state index contributed by atoms with van der Waals surface area (Å²) in [5.74, 6) is 0.121. The third-order valence-electron chi connectivity index (χ3n) is 4.43. The highest BCUT2D eigenvalue weighted by atomic mass is 16.6. The van der Waals surface area contributed by atoms with Gasteiger partial charge in [0.05, 0.1) is 12.1 Å². The van der Waals surface area contributed by atoms with Crippen molar-refractivity contribution >= 4 is 11.8 Å². The van der Waals surface area contributed by atoms with E-state index in [4.69, 9.17) is 10.5 Å². The Morgan fingerprint density at radius 2 is 1.68 bits per heavy atom. The lowest BCUT2D eigenvalue weighted by molar-refractivity contribution is -0.00239. The van der Waals surface area contributed by atoms with E-state index < -0.39 is 23.8 Å². The van der Waals surface area contributed by atoms with Gasteiger partial charge in [0, 0.05) is 12.2 Å². The summed E-state index contributed by atoms with van der Waals surface area (Å²) < 4.78 is 5.55. The fourth-order valence-electron chi connectivity index (χ4n) is 2.84. The van der Waals surface area contributed by atoms with Crippen molar-refractivity contribution in [3.8, 4) is 5.75 Å². The van der Waals surface area contributed by atoms with Crippen molar-refractivity contribution in [2.45, 2.75) is 51.9 Å². The zero-order valence-corrected chi connectivity index (χ0v) is 16.9. The first-order valence-electron chi connectivity index (χ1n) is 9.38. The van der Waals surface area contributed by atoms with Crippen molar-refractivity contribution in [3.63, 3.8) is 0 Å². The second kappa shape index (κ2) is 8.97. The number of carbonyl (C=O) groups excluding carboxylic acids is 1. The van der Waals surface area contributed by atoms with E-state index in [2.05, 4.69) is 0 Å². The van der Waals surface area contributed by atoms with E-state index in [9.17, 15) is 15.0 Å². The van der Waals surface area contributed by atoms with Gasteiger partial charge in [-0.15, -0.1) is 0 Å². The number of rotatable bonds is 6. The van der Waals surface area contributed by atoms with Gasteiger partial charge in [0.1, 0.15) is 11.4 Å². The molecule has 2 atom stereocenters. The molecule has 0 saturated carbocycles. The molecule has 2 aromatic rings. The van der Waals surface area contributed by atoms with Crippen LogP contribution in [0, 0.1) is 0 Å². The number of hydrogen-bond donors (Lipinski definition) is 3. The van der Waals surface area contributed by atoms with E-state index in [-0.39, 0.29) is 5.75 Å². The first-order valence-corrected chi connectivity index (χ1v) is 9.38. The summed E-state index contributed by atoms with van der Waals surface area (Å²) >= 11 is 0. The Morgan fingerprint density at radius 1 is 1.11 bits per heavy atom. The molecular formula is C22H30N2O4. The van der Waals surface area contributed by atoms with Gasteiger partial charge < -0.3 is 25.6 Å². The van der Waals surface area contributed by atoms with E-state index in [1.807, 2.05) is 45.0 Å². The van der Waals surface area contributed by atoms with Crippen LogP contribution in [0.3, 0.4) is 0 Å². The molecule has 0 bridgehead atoms. The Kier molecular flexibility index (Phi) is 6.91. The minimum Gasteiger partial charge on any atom is -0.508 e. The van der Waals surface area contributed by atoms with Crippen molar-refractivity contribution in [2.75, 3.05) is 12.3 Å². The topological polar surface area (TPSA) is 96.0 Å². The summed E-state index contributed by atoms with van der Waals surface area (Å²) in [5, 5.41) is 20.2. The van der Waals surface area contributed by atoms with Gasteiger partial charge in [0.2, 0.25) is 0 Å². The van der Waals surface area contributed by atoms with Gasteiger partial charge in [-0.3, -0.25) is 0 Å². The number of hydrogen-bond acceptors (Lipinski definition) is 5. The number of aliphatic hydroxyl groups excluding tert-OH is 1. The molecule has 0 fully saturated rings. The molecule has 0 unspecified atom stereocenters. The molecule has 2 rings (SSSR count). The quantitative estimate of drug-likeness (QED) is 0.655. The largest absolute Gasteiger partial charge is 0.508 e. The summed E-state index contributed by atoms with van der Waals surface area (Å²) in [6.07, 6.45) is -0.792.